The van der Waals surface area contributed by atoms with Crippen LogP contribution in [0.15, 0.2) is 42.5 Å². The highest BCUT2D eigenvalue weighted by Gasteiger charge is 2.31. The third-order valence-electron chi connectivity index (χ3n) is 10.5. The number of aromatic nitrogens is 2. The Bertz CT molecular complexity index is 1750. The fraction of sp³-hybridized carbons (Fsp3) is 0.500. The second-order valence-electron chi connectivity index (χ2n) is 14.0. The predicted octanol–water partition coefficient (Wildman–Crippen LogP) is 8.33. The topological polar surface area (TPSA) is 78.8 Å². The SMILES string of the molecule is Cc1cc2nc3sc2c(c1CC(=O)O)-c1ccc2c(c1)C(CCCCC(C)CC1CN(C(C)C)CCN1c1cccc-3n1)CCO2. The number of carbonyl (C=O) groups is 1. The van der Waals surface area contributed by atoms with Crippen LogP contribution < -0.4 is 9.64 Å². The van der Waals surface area contributed by atoms with E-state index < -0.39 is 5.97 Å². The van der Waals surface area contributed by atoms with Gasteiger partial charge in [-0.3, -0.25) is 9.69 Å². The van der Waals surface area contributed by atoms with Crippen LogP contribution in [0.2, 0.25) is 0 Å². The summed E-state index contributed by atoms with van der Waals surface area (Å²) in [4.78, 5) is 27.7. The summed E-state index contributed by atoms with van der Waals surface area (Å²) in [5.41, 5.74) is 6.88. The Morgan fingerprint density at radius 1 is 1.09 bits per heavy atom. The first-order chi connectivity index (χ1) is 22.2. The molecule has 1 fully saturated rings. The van der Waals surface area contributed by atoms with E-state index in [1.165, 1.54) is 24.8 Å². The van der Waals surface area contributed by atoms with Crippen molar-refractivity contribution in [3.05, 3.63) is 59.2 Å². The summed E-state index contributed by atoms with van der Waals surface area (Å²) >= 11 is 1.63. The number of aryl methyl sites for hydroxylation is 1. The molecule has 2 aromatic heterocycles. The van der Waals surface area contributed by atoms with Crippen LogP contribution in [0.4, 0.5) is 5.82 Å². The molecule has 3 unspecified atom stereocenters. The first-order valence-electron chi connectivity index (χ1n) is 17.1. The first-order valence-corrected chi connectivity index (χ1v) is 18.0. The van der Waals surface area contributed by atoms with E-state index in [-0.39, 0.29) is 6.42 Å². The second kappa shape index (κ2) is 13.0. The number of hydrogen-bond acceptors (Lipinski definition) is 7. The van der Waals surface area contributed by atoms with Gasteiger partial charge in [-0.25, -0.2) is 9.97 Å². The van der Waals surface area contributed by atoms with Gasteiger partial charge in [-0.2, -0.15) is 0 Å². The minimum atomic E-state index is -0.825. The van der Waals surface area contributed by atoms with Crippen molar-refractivity contribution >= 4 is 33.3 Å². The van der Waals surface area contributed by atoms with Crippen molar-refractivity contribution in [2.45, 2.75) is 90.6 Å². The van der Waals surface area contributed by atoms with Crippen molar-refractivity contribution in [1.29, 1.82) is 0 Å². The lowest BCUT2D eigenvalue weighted by Gasteiger charge is -2.44. The highest BCUT2D eigenvalue weighted by Crippen LogP contribution is 2.45. The van der Waals surface area contributed by atoms with Gasteiger partial charge in [0.2, 0.25) is 0 Å². The van der Waals surface area contributed by atoms with Crippen LogP contribution in [0, 0.1) is 12.8 Å². The van der Waals surface area contributed by atoms with E-state index in [1.807, 2.05) is 6.92 Å². The molecule has 3 aliphatic heterocycles. The van der Waals surface area contributed by atoms with Gasteiger partial charge in [0.25, 0.3) is 0 Å². The summed E-state index contributed by atoms with van der Waals surface area (Å²) in [6.07, 6.45) is 6.96. The Morgan fingerprint density at radius 3 is 2.76 bits per heavy atom. The maximum atomic E-state index is 12.1. The number of aliphatic carboxylic acids is 1. The number of benzene rings is 2. The average molecular weight is 639 g/mol. The molecular weight excluding hydrogens is 593 g/mol. The van der Waals surface area contributed by atoms with E-state index >= 15 is 0 Å². The molecular formula is C38H46N4O3S. The largest absolute Gasteiger partial charge is 0.493 e. The zero-order valence-electron chi connectivity index (χ0n) is 27.6. The molecule has 1 N–H and O–H groups in total. The molecule has 3 aliphatic rings. The van der Waals surface area contributed by atoms with Crippen molar-refractivity contribution in [1.82, 2.24) is 14.9 Å². The lowest BCUT2D eigenvalue weighted by Crippen LogP contribution is -2.55. The summed E-state index contributed by atoms with van der Waals surface area (Å²) in [5.74, 6) is 2.26. The molecule has 8 heteroatoms. The highest BCUT2D eigenvalue weighted by atomic mass is 32.1. The Hall–Kier alpha value is -3.49. The van der Waals surface area contributed by atoms with Crippen LogP contribution in [-0.4, -0.2) is 64.3 Å². The first kappa shape index (κ1) is 31.1. The average Bonchev–Trinajstić information content (AvgIpc) is 3.46. The maximum absolute atomic E-state index is 12.1. The zero-order valence-corrected chi connectivity index (χ0v) is 28.4. The number of carboxylic acids is 1. The number of thiazole rings is 1. The molecule has 242 valence electrons. The molecule has 0 aliphatic carbocycles. The third kappa shape index (κ3) is 6.14. The van der Waals surface area contributed by atoms with Crippen LogP contribution in [0.25, 0.3) is 32.0 Å². The smallest absolute Gasteiger partial charge is 0.307 e. The van der Waals surface area contributed by atoms with Crippen molar-refractivity contribution < 1.29 is 14.6 Å². The molecule has 2 aromatic carbocycles. The third-order valence-corrected chi connectivity index (χ3v) is 11.6. The predicted molar refractivity (Wildman–Crippen MR) is 187 cm³/mol. The quantitative estimate of drug-likeness (QED) is 0.242. The molecule has 0 amide bonds. The molecule has 6 bridgehead atoms. The summed E-state index contributed by atoms with van der Waals surface area (Å²) in [6.45, 7) is 12.9. The van der Waals surface area contributed by atoms with E-state index in [0.29, 0.717) is 23.9 Å². The van der Waals surface area contributed by atoms with Crippen molar-refractivity contribution in [2.24, 2.45) is 5.92 Å². The van der Waals surface area contributed by atoms with E-state index in [1.54, 1.807) is 11.3 Å². The van der Waals surface area contributed by atoms with Crippen LogP contribution in [-0.2, 0) is 11.2 Å². The van der Waals surface area contributed by atoms with Gasteiger partial charge in [0.1, 0.15) is 22.3 Å². The molecule has 7 rings (SSSR count). The minimum Gasteiger partial charge on any atom is -0.493 e. The standard InChI is InChI=1S/C38H46N4O3S/c1-23(2)41-15-16-42-28(22-41)18-24(3)8-5-6-9-26-14-17-45-33-13-12-27(20-30(26)33)36-29(21-35(43)44)25(4)19-32-37(36)46-38(40-32)31-10-7-11-34(42)39-31/h7,10-13,19-20,23-24,26,28H,5-6,8-9,14-18,21-22H2,1-4H3,(H,43,44). The van der Waals surface area contributed by atoms with E-state index in [9.17, 15) is 9.90 Å². The van der Waals surface area contributed by atoms with E-state index in [4.69, 9.17) is 14.7 Å². The molecule has 7 nitrogen and oxygen atoms in total. The number of nitrogens with zero attached hydrogens (tertiary/aromatic N) is 4. The number of ether oxygens (including phenoxy) is 1. The van der Waals surface area contributed by atoms with Gasteiger partial charge in [0, 0.05) is 37.3 Å². The number of rotatable bonds is 3. The fourth-order valence-electron chi connectivity index (χ4n) is 7.97. The number of fused-ring (bicyclic) bond motifs is 8. The summed E-state index contributed by atoms with van der Waals surface area (Å²) < 4.78 is 7.17. The molecule has 0 radical (unpaired) electrons. The van der Waals surface area contributed by atoms with Gasteiger partial charge in [0.15, 0.2) is 0 Å². The number of hydrogen-bond donors (Lipinski definition) is 1. The van der Waals surface area contributed by atoms with E-state index in [0.717, 1.165) is 100 Å². The number of pyridine rings is 1. The number of piperazine rings is 1. The molecule has 0 saturated carbocycles. The van der Waals surface area contributed by atoms with Crippen LogP contribution in [0.3, 0.4) is 0 Å². The normalized spacial score (nSPS) is 22.2. The Labute approximate surface area is 276 Å². The van der Waals surface area contributed by atoms with E-state index in [2.05, 4.69) is 73.0 Å². The van der Waals surface area contributed by atoms with Crippen molar-refractivity contribution in [3.8, 4) is 27.6 Å². The van der Waals surface area contributed by atoms with Gasteiger partial charge in [-0.15, -0.1) is 11.3 Å². The summed E-state index contributed by atoms with van der Waals surface area (Å²) in [6, 6.07) is 15.8. The van der Waals surface area contributed by atoms with Crippen molar-refractivity contribution in [3.63, 3.8) is 0 Å². The second-order valence-corrected chi connectivity index (χ2v) is 15.0. The highest BCUT2D eigenvalue weighted by molar-refractivity contribution is 7.22. The molecule has 5 heterocycles. The number of carboxylic acid groups (broad SMARTS) is 1. The van der Waals surface area contributed by atoms with Gasteiger partial charge >= 0.3 is 5.97 Å². The van der Waals surface area contributed by atoms with Crippen LogP contribution in [0.1, 0.15) is 81.9 Å². The fourth-order valence-corrected chi connectivity index (χ4v) is 9.08. The van der Waals surface area contributed by atoms with Crippen molar-refractivity contribution in [2.75, 3.05) is 31.1 Å². The summed E-state index contributed by atoms with van der Waals surface area (Å²) in [7, 11) is 0. The molecule has 0 spiro atoms. The van der Waals surface area contributed by atoms with Gasteiger partial charge < -0.3 is 14.7 Å². The minimum absolute atomic E-state index is 0.0307. The number of anilines is 1. The Kier molecular flexibility index (Phi) is 8.77. The summed E-state index contributed by atoms with van der Waals surface area (Å²) in [5, 5.41) is 10.8. The monoisotopic (exact) mass is 638 g/mol. The van der Waals surface area contributed by atoms with Crippen LogP contribution in [0.5, 0.6) is 5.75 Å². The zero-order chi connectivity index (χ0) is 31.9. The molecule has 46 heavy (non-hydrogen) atoms. The lowest BCUT2D eigenvalue weighted by atomic mass is 9.84. The Balaban J connectivity index is 1.38. The van der Waals surface area contributed by atoms with Gasteiger partial charge in [-0.05, 0) is 104 Å². The Morgan fingerprint density at radius 2 is 1.93 bits per heavy atom. The van der Waals surface area contributed by atoms with Gasteiger partial charge in [-0.1, -0.05) is 38.3 Å². The van der Waals surface area contributed by atoms with Crippen LogP contribution >= 0.6 is 11.3 Å². The lowest BCUT2D eigenvalue weighted by molar-refractivity contribution is -0.136. The van der Waals surface area contributed by atoms with Gasteiger partial charge in [0.05, 0.1) is 23.2 Å². The molecule has 3 atom stereocenters. The molecule has 1 saturated heterocycles. The maximum Gasteiger partial charge on any atom is 0.307 e. The molecule has 4 aromatic rings.